The van der Waals surface area contributed by atoms with Crippen LogP contribution in [0.3, 0.4) is 0 Å². The number of ketones is 1. The molecule has 0 spiro atoms. The van der Waals surface area contributed by atoms with Crippen molar-refractivity contribution in [2.45, 2.75) is 25.2 Å². The number of carbonyl (C=O) groups excluding carboxylic acids is 1. The topological polar surface area (TPSA) is 46.3 Å². The summed E-state index contributed by atoms with van der Waals surface area (Å²) in [4.78, 5) is 19.2. The fourth-order valence-corrected chi connectivity index (χ4v) is 3.56. The minimum absolute atomic E-state index is 0.0500. The number of carbonyl (C=O) groups is 1. The van der Waals surface area contributed by atoms with Gasteiger partial charge in [-0.1, -0.05) is 12.1 Å². The van der Waals surface area contributed by atoms with Crippen LogP contribution < -0.4 is 0 Å². The first kappa shape index (κ1) is 16.9. The first-order valence-electron chi connectivity index (χ1n) is 9.05. The Morgan fingerprint density at radius 1 is 1.19 bits per heavy atom. The number of piperidine rings is 1. The van der Waals surface area contributed by atoms with E-state index < -0.39 is 0 Å². The number of likely N-dealkylation sites (tertiary alicyclic amines) is 1. The van der Waals surface area contributed by atoms with Gasteiger partial charge in [-0.05, 0) is 55.8 Å². The molecular weight excluding hydrogens is 331 g/mol. The molecule has 2 aromatic carbocycles. The number of Topliss-reactive ketones (excluding diaryl/α,β-unsaturated/α-hetero) is 1. The molecule has 1 aliphatic heterocycles. The number of hydrogen-bond donors (Lipinski definition) is 0. The third kappa shape index (κ3) is 3.68. The van der Waals surface area contributed by atoms with Crippen molar-refractivity contribution in [2.75, 3.05) is 19.6 Å². The van der Waals surface area contributed by atoms with E-state index in [1.807, 2.05) is 24.3 Å². The molecular formula is C21H21FN2O2. The van der Waals surface area contributed by atoms with E-state index in [0.717, 1.165) is 42.9 Å². The lowest BCUT2D eigenvalue weighted by molar-refractivity contribution is 0.0953. The molecule has 0 bridgehead atoms. The van der Waals surface area contributed by atoms with Crippen molar-refractivity contribution in [2.24, 2.45) is 0 Å². The summed E-state index contributed by atoms with van der Waals surface area (Å²) in [6.45, 7) is 2.53. The van der Waals surface area contributed by atoms with Gasteiger partial charge in [0.2, 0.25) is 0 Å². The molecule has 1 atom stereocenters. The predicted octanol–water partition coefficient (Wildman–Crippen LogP) is 4.42. The minimum Gasteiger partial charge on any atom is -0.440 e. The first-order valence-corrected chi connectivity index (χ1v) is 9.05. The number of fused-ring (bicyclic) bond motifs is 1. The summed E-state index contributed by atoms with van der Waals surface area (Å²) < 4.78 is 18.9. The Morgan fingerprint density at radius 2 is 2.00 bits per heavy atom. The van der Waals surface area contributed by atoms with Crippen molar-refractivity contribution in [1.82, 2.24) is 9.88 Å². The van der Waals surface area contributed by atoms with E-state index in [1.165, 1.54) is 12.1 Å². The van der Waals surface area contributed by atoms with Gasteiger partial charge in [-0.3, -0.25) is 4.79 Å². The maximum atomic E-state index is 13.0. The van der Waals surface area contributed by atoms with E-state index in [-0.39, 0.29) is 17.5 Å². The maximum Gasteiger partial charge on any atom is 0.199 e. The van der Waals surface area contributed by atoms with Gasteiger partial charge in [0.1, 0.15) is 11.3 Å². The number of benzene rings is 2. The van der Waals surface area contributed by atoms with Crippen molar-refractivity contribution in [1.29, 1.82) is 0 Å². The van der Waals surface area contributed by atoms with E-state index in [1.54, 1.807) is 12.1 Å². The molecule has 1 saturated heterocycles. The van der Waals surface area contributed by atoms with Crippen LogP contribution in [0.5, 0.6) is 0 Å². The average Bonchev–Trinajstić information content (AvgIpc) is 3.11. The first-order chi connectivity index (χ1) is 12.7. The quantitative estimate of drug-likeness (QED) is 0.638. The molecule has 0 N–H and O–H groups in total. The molecule has 3 aromatic rings. The highest BCUT2D eigenvalue weighted by Gasteiger charge is 2.25. The zero-order chi connectivity index (χ0) is 17.9. The summed E-state index contributed by atoms with van der Waals surface area (Å²) >= 11 is 0. The Morgan fingerprint density at radius 3 is 2.81 bits per heavy atom. The molecule has 2 heterocycles. The van der Waals surface area contributed by atoms with Crippen LogP contribution in [-0.2, 0) is 0 Å². The van der Waals surface area contributed by atoms with Gasteiger partial charge in [-0.2, -0.15) is 0 Å². The fourth-order valence-electron chi connectivity index (χ4n) is 3.56. The summed E-state index contributed by atoms with van der Waals surface area (Å²) in [6, 6.07) is 13.6. The molecule has 0 aliphatic carbocycles. The third-order valence-corrected chi connectivity index (χ3v) is 4.99. The summed E-state index contributed by atoms with van der Waals surface area (Å²) in [5.41, 5.74) is 2.29. The van der Waals surface area contributed by atoms with Gasteiger partial charge < -0.3 is 9.32 Å². The molecule has 1 aromatic heterocycles. The minimum atomic E-state index is -0.321. The number of para-hydroxylation sites is 2. The van der Waals surface area contributed by atoms with Crippen LogP contribution in [0.15, 0.2) is 52.9 Å². The monoisotopic (exact) mass is 352 g/mol. The molecule has 1 fully saturated rings. The number of halogens is 1. The van der Waals surface area contributed by atoms with Crippen LogP contribution in [0.1, 0.15) is 41.4 Å². The summed E-state index contributed by atoms with van der Waals surface area (Å²) in [5, 5.41) is 0. The third-order valence-electron chi connectivity index (χ3n) is 4.99. The van der Waals surface area contributed by atoms with Crippen molar-refractivity contribution in [3.63, 3.8) is 0 Å². The number of nitrogens with zero attached hydrogens (tertiary/aromatic N) is 2. The molecule has 0 radical (unpaired) electrons. The Balaban J connectivity index is 1.37. The molecule has 0 amide bonds. The van der Waals surface area contributed by atoms with Gasteiger partial charge in [0.05, 0.1) is 0 Å². The van der Waals surface area contributed by atoms with E-state index in [9.17, 15) is 9.18 Å². The predicted molar refractivity (Wildman–Crippen MR) is 97.8 cm³/mol. The van der Waals surface area contributed by atoms with E-state index in [4.69, 9.17) is 4.42 Å². The van der Waals surface area contributed by atoms with E-state index >= 15 is 0 Å². The zero-order valence-electron chi connectivity index (χ0n) is 14.5. The molecule has 1 aliphatic rings. The highest BCUT2D eigenvalue weighted by Crippen LogP contribution is 2.29. The van der Waals surface area contributed by atoms with E-state index in [0.29, 0.717) is 18.5 Å². The highest BCUT2D eigenvalue weighted by molar-refractivity contribution is 5.96. The highest BCUT2D eigenvalue weighted by atomic mass is 19.1. The number of hydrogen-bond acceptors (Lipinski definition) is 4. The van der Waals surface area contributed by atoms with Crippen LogP contribution in [0, 0.1) is 5.82 Å². The summed E-state index contributed by atoms with van der Waals surface area (Å²) in [7, 11) is 0. The van der Waals surface area contributed by atoms with Crippen LogP contribution in [0.4, 0.5) is 4.39 Å². The van der Waals surface area contributed by atoms with Crippen molar-refractivity contribution in [3.05, 3.63) is 65.8 Å². The van der Waals surface area contributed by atoms with Gasteiger partial charge >= 0.3 is 0 Å². The largest absolute Gasteiger partial charge is 0.440 e. The Kier molecular flexibility index (Phi) is 4.80. The average molecular weight is 352 g/mol. The SMILES string of the molecule is O=C(CCN1CCCC(c2nc3ccccc3o2)C1)c1ccc(F)cc1. The lowest BCUT2D eigenvalue weighted by atomic mass is 9.97. The zero-order valence-corrected chi connectivity index (χ0v) is 14.5. The summed E-state index contributed by atoms with van der Waals surface area (Å²) in [5.74, 6) is 0.783. The second-order valence-electron chi connectivity index (χ2n) is 6.84. The number of aromatic nitrogens is 1. The maximum absolute atomic E-state index is 13.0. The smallest absolute Gasteiger partial charge is 0.199 e. The summed E-state index contributed by atoms with van der Waals surface area (Å²) in [6.07, 6.45) is 2.55. The van der Waals surface area contributed by atoms with Crippen molar-refractivity contribution >= 4 is 16.9 Å². The lowest BCUT2D eigenvalue weighted by Crippen LogP contribution is -2.36. The second-order valence-corrected chi connectivity index (χ2v) is 6.84. The lowest BCUT2D eigenvalue weighted by Gasteiger charge is -2.30. The van der Waals surface area contributed by atoms with Crippen molar-refractivity contribution < 1.29 is 13.6 Å². The fraction of sp³-hybridized carbons (Fsp3) is 0.333. The molecule has 0 saturated carbocycles. The Bertz CT molecular complexity index is 871. The van der Waals surface area contributed by atoms with Crippen LogP contribution in [-0.4, -0.2) is 35.3 Å². The normalized spacial score (nSPS) is 18.3. The van der Waals surface area contributed by atoms with Crippen LogP contribution >= 0.6 is 0 Å². The van der Waals surface area contributed by atoms with Crippen LogP contribution in [0.25, 0.3) is 11.1 Å². The second kappa shape index (κ2) is 7.38. The van der Waals surface area contributed by atoms with Crippen molar-refractivity contribution in [3.8, 4) is 0 Å². The molecule has 4 rings (SSSR count). The van der Waals surface area contributed by atoms with Crippen LogP contribution in [0.2, 0.25) is 0 Å². The number of rotatable bonds is 5. The molecule has 134 valence electrons. The van der Waals surface area contributed by atoms with Gasteiger partial charge in [0.15, 0.2) is 17.3 Å². The van der Waals surface area contributed by atoms with Gasteiger partial charge in [-0.25, -0.2) is 9.37 Å². The molecule has 26 heavy (non-hydrogen) atoms. The van der Waals surface area contributed by atoms with Gasteiger partial charge in [-0.15, -0.1) is 0 Å². The van der Waals surface area contributed by atoms with Gasteiger partial charge in [0.25, 0.3) is 0 Å². The molecule has 5 heteroatoms. The number of oxazole rings is 1. The Labute approximate surface area is 151 Å². The van der Waals surface area contributed by atoms with E-state index in [2.05, 4.69) is 9.88 Å². The Hall–Kier alpha value is -2.53. The standard InChI is InChI=1S/C21H21FN2O2/c22-17-9-7-15(8-10-17)19(25)11-13-24-12-3-4-16(14-24)21-23-18-5-1-2-6-20(18)26-21/h1-2,5-10,16H,3-4,11-14H2. The molecule has 1 unspecified atom stereocenters. The molecule has 4 nitrogen and oxygen atoms in total. The van der Waals surface area contributed by atoms with Gasteiger partial charge in [0, 0.05) is 31.0 Å².